The zero-order valence-corrected chi connectivity index (χ0v) is 11.9. The molecule has 16 heavy (non-hydrogen) atoms. The number of nitrogens with one attached hydrogen (secondary N) is 1. The standard InChI is InChI=1S/C11H22N4S/c1-8(2)9-12-13-10(16)15(9)7-11(3,4)14(5)6/h8H,7H2,1-6H3,(H,13,16). The monoisotopic (exact) mass is 242 g/mol. The Hall–Kier alpha value is -0.680. The van der Waals surface area contributed by atoms with Crippen LogP contribution in [0.3, 0.4) is 0 Å². The first kappa shape index (κ1) is 13.4. The Morgan fingerprint density at radius 1 is 1.44 bits per heavy atom. The number of aromatic amines is 1. The van der Waals surface area contributed by atoms with Crippen LogP contribution < -0.4 is 0 Å². The lowest BCUT2D eigenvalue weighted by atomic mass is 10.0. The fourth-order valence-corrected chi connectivity index (χ4v) is 1.66. The van der Waals surface area contributed by atoms with E-state index >= 15 is 0 Å². The van der Waals surface area contributed by atoms with Crippen LogP contribution in [0.15, 0.2) is 0 Å². The number of aromatic nitrogens is 3. The predicted octanol–water partition coefficient (Wildman–Crippen LogP) is 2.40. The minimum atomic E-state index is 0.0613. The van der Waals surface area contributed by atoms with E-state index in [4.69, 9.17) is 12.2 Å². The molecule has 1 aromatic rings. The van der Waals surface area contributed by atoms with E-state index in [1.165, 1.54) is 0 Å². The van der Waals surface area contributed by atoms with Gasteiger partial charge in [0.05, 0.1) is 0 Å². The van der Waals surface area contributed by atoms with Gasteiger partial charge in [-0.1, -0.05) is 13.8 Å². The fraction of sp³-hybridized carbons (Fsp3) is 0.818. The Labute approximate surface area is 103 Å². The molecule has 0 unspecified atom stereocenters. The van der Waals surface area contributed by atoms with Gasteiger partial charge < -0.3 is 9.47 Å². The average Bonchev–Trinajstić information content (AvgIpc) is 2.47. The van der Waals surface area contributed by atoms with E-state index in [0.29, 0.717) is 10.7 Å². The highest BCUT2D eigenvalue weighted by atomic mass is 32.1. The van der Waals surface area contributed by atoms with Crippen molar-refractivity contribution in [3.05, 3.63) is 10.6 Å². The van der Waals surface area contributed by atoms with Gasteiger partial charge >= 0.3 is 0 Å². The molecule has 92 valence electrons. The van der Waals surface area contributed by atoms with Crippen molar-refractivity contribution in [3.8, 4) is 0 Å². The van der Waals surface area contributed by atoms with Crippen LogP contribution in [0.25, 0.3) is 0 Å². The average molecular weight is 242 g/mol. The number of hydrogen-bond acceptors (Lipinski definition) is 3. The smallest absolute Gasteiger partial charge is 0.195 e. The van der Waals surface area contributed by atoms with Crippen molar-refractivity contribution in [1.82, 2.24) is 19.7 Å². The predicted molar refractivity (Wildman–Crippen MR) is 69.3 cm³/mol. The molecule has 0 fully saturated rings. The first-order chi connectivity index (χ1) is 7.25. The lowest BCUT2D eigenvalue weighted by Crippen LogP contribution is -2.42. The van der Waals surface area contributed by atoms with Gasteiger partial charge in [-0.3, -0.25) is 5.10 Å². The van der Waals surface area contributed by atoms with Gasteiger partial charge in [0.2, 0.25) is 0 Å². The summed E-state index contributed by atoms with van der Waals surface area (Å²) in [6.07, 6.45) is 0. The third kappa shape index (κ3) is 2.71. The van der Waals surface area contributed by atoms with E-state index in [0.717, 1.165) is 12.4 Å². The van der Waals surface area contributed by atoms with Gasteiger partial charge in [-0.25, -0.2) is 0 Å². The number of nitrogens with zero attached hydrogens (tertiary/aromatic N) is 3. The van der Waals surface area contributed by atoms with E-state index in [9.17, 15) is 0 Å². The lowest BCUT2D eigenvalue weighted by molar-refractivity contribution is 0.167. The van der Waals surface area contributed by atoms with Crippen molar-refractivity contribution in [2.45, 2.75) is 45.7 Å². The quantitative estimate of drug-likeness (QED) is 0.824. The van der Waals surface area contributed by atoms with Crippen molar-refractivity contribution in [2.75, 3.05) is 14.1 Å². The summed E-state index contributed by atoms with van der Waals surface area (Å²) >= 11 is 5.27. The van der Waals surface area contributed by atoms with Gasteiger partial charge in [0.1, 0.15) is 5.82 Å². The lowest BCUT2D eigenvalue weighted by Gasteiger charge is -2.33. The van der Waals surface area contributed by atoms with Crippen LogP contribution >= 0.6 is 12.2 Å². The molecule has 1 rings (SSSR count). The number of hydrogen-bond donors (Lipinski definition) is 1. The van der Waals surface area contributed by atoms with Gasteiger partial charge in [-0.05, 0) is 40.2 Å². The molecular weight excluding hydrogens is 220 g/mol. The third-order valence-corrected chi connectivity index (χ3v) is 3.37. The summed E-state index contributed by atoms with van der Waals surface area (Å²) in [7, 11) is 4.16. The van der Waals surface area contributed by atoms with E-state index in [2.05, 4.69) is 61.5 Å². The molecule has 0 aliphatic carbocycles. The molecule has 1 N–H and O–H groups in total. The van der Waals surface area contributed by atoms with Gasteiger partial charge in [0.15, 0.2) is 4.77 Å². The second-order valence-electron chi connectivity index (χ2n) is 5.33. The Bertz CT molecular complexity index is 400. The molecule has 1 heterocycles. The Morgan fingerprint density at radius 3 is 2.44 bits per heavy atom. The summed E-state index contributed by atoms with van der Waals surface area (Å²) in [5.41, 5.74) is 0.0613. The molecule has 0 radical (unpaired) electrons. The van der Waals surface area contributed by atoms with Crippen LogP contribution in [-0.4, -0.2) is 39.3 Å². The first-order valence-corrected chi connectivity index (χ1v) is 5.99. The molecule has 0 spiro atoms. The molecule has 0 bridgehead atoms. The maximum absolute atomic E-state index is 5.27. The van der Waals surface area contributed by atoms with Crippen LogP contribution in [0.4, 0.5) is 0 Å². The molecule has 5 heteroatoms. The van der Waals surface area contributed by atoms with Crippen molar-refractivity contribution in [3.63, 3.8) is 0 Å². The van der Waals surface area contributed by atoms with E-state index < -0.39 is 0 Å². The molecule has 0 aliphatic heterocycles. The van der Waals surface area contributed by atoms with Gasteiger partial charge in [0.25, 0.3) is 0 Å². The highest BCUT2D eigenvalue weighted by Crippen LogP contribution is 2.18. The zero-order valence-electron chi connectivity index (χ0n) is 11.0. The fourth-order valence-electron chi connectivity index (χ4n) is 1.45. The summed E-state index contributed by atoms with van der Waals surface area (Å²) in [6.45, 7) is 9.51. The van der Waals surface area contributed by atoms with Gasteiger partial charge in [-0.15, -0.1) is 0 Å². The Morgan fingerprint density at radius 2 is 2.00 bits per heavy atom. The van der Waals surface area contributed by atoms with Crippen LogP contribution in [0.5, 0.6) is 0 Å². The van der Waals surface area contributed by atoms with Crippen LogP contribution in [0, 0.1) is 4.77 Å². The van der Waals surface area contributed by atoms with Crippen molar-refractivity contribution < 1.29 is 0 Å². The molecule has 1 aromatic heterocycles. The normalized spacial score (nSPS) is 12.8. The summed E-state index contributed by atoms with van der Waals surface area (Å²) in [5, 5.41) is 7.16. The molecule has 0 saturated carbocycles. The first-order valence-electron chi connectivity index (χ1n) is 5.58. The molecular formula is C11H22N4S. The van der Waals surface area contributed by atoms with Crippen LogP contribution in [0.2, 0.25) is 0 Å². The molecule has 0 amide bonds. The topological polar surface area (TPSA) is 36.9 Å². The zero-order chi connectivity index (χ0) is 12.5. The largest absolute Gasteiger partial charge is 0.302 e. The maximum Gasteiger partial charge on any atom is 0.195 e. The second-order valence-corrected chi connectivity index (χ2v) is 5.72. The molecule has 4 nitrogen and oxygen atoms in total. The Kier molecular flexibility index (Phi) is 3.91. The molecule has 0 saturated heterocycles. The number of rotatable bonds is 4. The molecule has 0 atom stereocenters. The van der Waals surface area contributed by atoms with E-state index in [1.54, 1.807) is 0 Å². The van der Waals surface area contributed by atoms with E-state index in [1.807, 2.05) is 0 Å². The van der Waals surface area contributed by atoms with E-state index in [-0.39, 0.29) is 5.54 Å². The number of likely N-dealkylation sites (N-methyl/N-ethyl adjacent to an activating group) is 1. The number of H-pyrrole nitrogens is 1. The minimum absolute atomic E-state index is 0.0613. The third-order valence-electron chi connectivity index (χ3n) is 3.06. The van der Waals surface area contributed by atoms with Crippen LogP contribution in [-0.2, 0) is 6.54 Å². The molecule has 0 aromatic carbocycles. The highest BCUT2D eigenvalue weighted by Gasteiger charge is 2.23. The summed E-state index contributed by atoms with van der Waals surface area (Å²) in [4.78, 5) is 2.20. The second kappa shape index (κ2) is 4.67. The maximum atomic E-state index is 5.27. The van der Waals surface area contributed by atoms with Gasteiger partial charge in [-0.2, -0.15) is 5.10 Å². The highest BCUT2D eigenvalue weighted by molar-refractivity contribution is 7.71. The van der Waals surface area contributed by atoms with Crippen molar-refractivity contribution >= 4 is 12.2 Å². The minimum Gasteiger partial charge on any atom is -0.302 e. The van der Waals surface area contributed by atoms with Gasteiger partial charge in [0, 0.05) is 18.0 Å². The summed E-state index contributed by atoms with van der Waals surface area (Å²) in [6, 6.07) is 0. The van der Waals surface area contributed by atoms with Crippen molar-refractivity contribution in [2.24, 2.45) is 0 Å². The summed E-state index contributed by atoms with van der Waals surface area (Å²) < 4.78 is 2.80. The molecule has 0 aliphatic rings. The van der Waals surface area contributed by atoms with Crippen LogP contribution in [0.1, 0.15) is 39.4 Å². The Balaban J connectivity index is 3.05. The summed E-state index contributed by atoms with van der Waals surface area (Å²) in [5.74, 6) is 1.41. The SMILES string of the molecule is CC(C)c1n[nH]c(=S)n1CC(C)(C)N(C)C. The van der Waals surface area contributed by atoms with Crippen molar-refractivity contribution in [1.29, 1.82) is 0 Å².